The van der Waals surface area contributed by atoms with Crippen LogP contribution in [0.3, 0.4) is 0 Å². The average Bonchev–Trinajstić information content (AvgIpc) is 2.70. The van der Waals surface area contributed by atoms with E-state index in [-0.39, 0.29) is 5.56 Å². The minimum Gasteiger partial charge on any atom is -0.503 e. The zero-order valence-electron chi connectivity index (χ0n) is 14.7. The second-order valence-corrected chi connectivity index (χ2v) is 6.28. The molecule has 1 amide bonds. The van der Waals surface area contributed by atoms with E-state index in [4.69, 9.17) is 5.11 Å². The molecular weight excluding hydrogens is 356 g/mol. The Morgan fingerprint density at radius 1 is 1.11 bits per heavy atom. The second kappa shape index (κ2) is 8.72. The highest BCUT2D eigenvalue weighted by Gasteiger charge is 2.18. The van der Waals surface area contributed by atoms with Crippen LogP contribution in [-0.4, -0.2) is 65.2 Å². The first kappa shape index (κ1) is 19.0. The lowest BCUT2D eigenvalue weighted by Crippen LogP contribution is -2.47. The number of benzene rings is 1. The molecule has 2 heterocycles. The van der Waals surface area contributed by atoms with Gasteiger partial charge in [0.1, 0.15) is 0 Å². The minimum absolute atomic E-state index is 0.153. The van der Waals surface area contributed by atoms with Crippen LogP contribution in [0.5, 0.6) is 5.75 Å². The summed E-state index contributed by atoms with van der Waals surface area (Å²) >= 11 is 0. The molecule has 0 aliphatic carbocycles. The van der Waals surface area contributed by atoms with E-state index in [1.54, 1.807) is 18.5 Å². The van der Waals surface area contributed by atoms with Gasteiger partial charge in [-0.1, -0.05) is 0 Å². The van der Waals surface area contributed by atoms with Gasteiger partial charge >= 0.3 is 0 Å². The molecule has 0 atom stereocenters. The number of carbonyl (C=O) groups is 1. The number of carbonyl (C=O) groups excluding carboxylic acids is 1. The van der Waals surface area contributed by atoms with Gasteiger partial charge in [0.15, 0.2) is 17.4 Å². The van der Waals surface area contributed by atoms with Gasteiger partial charge in [-0.05, 0) is 31.2 Å². The molecular formula is C18H21F2N5O2. The molecule has 27 heavy (non-hydrogen) atoms. The van der Waals surface area contributed by atoms with Crippen molar-refractivity contribution in [2.24, 2.45) is 0 Å². The summed E-state index contributed by atoms with van der Waals surface area (Å²) in [5.41, 5.74) is -0.153. The fraction of sp³-hybridized carbons (Fsp3) is 0.389. The van der Waals surface area contributed by atoms with E-state index in [0.717, 1.165) is 57.2 Å². The first-order valence-corrected chi connectivity index (χ1v) is 8.75. The summed E-state index contributed by atoms with van der Waals surface area (Å²) in [6.07, 6.45) is 4.17. The van der Waals surface area contributed by atoms with Crippen LogP contribution in [0.1, 0.15) is 16.8 Å². The second-order valence-electron chi connectivity index (χ2n) is 6.28. The monoisotopic (exact) mass is 377 g/mol. The third-order valence-electron chi connectivity index (χ3n) is 4.42. The Morgan fingerprint density at radius 3 is 2.37 bits per heavy atom. The van der Waals surface area contributed by atoms with Gasteiger partial charge in [-0.25, -0.2) is 18.7 Å². The maximum atomic E-state index is 13.3. The van der Waals surface area contributed by atoms with Crippen molar-refractivity contribution in [2.45, 2.75) is 6.42 Å². The van der Waals surface area contributed by atoms with E-state index in [1.807, 2.05) is 0 Å². The molecule has 0 radical (unpaired) electrons. The highest BCUT2D eigenvalue weighted by molar-refractivity contribution is 5.94. The lowest BCUT2D eigenvalue weighted by Gasteiger charge is -2.34. The van der Waals surface area contributed by atoms with Gasteiger partial charge in [0.25, 0.3) is 5.91 Å². The summed E-state index contributed by atoms with van der Waals surface area (Å²) in [4.78, 5) is 24.9. The molecule has 1 aromatic heterocycles. The Kier molecular flexibility index (Phi) is 6.12. The minimum atomic E-state index is -1.15. The third-order valence-corrected chi connectivity index (χ3v) is 4.42. The van der Waals surface area contributed by atoms with Gasteiger partial charge in [0.2, 0.25) is 5.95 Å². The third kappa shape index (κ3) is 4.88. The van der Waals surface area contributed by atoms with E-state index >= 15 is 0 Å². The summed E-state index contributed by atoms with van der Waals surface area (Å²) in [5.74, 6) is -3.22. The standard InChI is InChI=1S/C18H21F2N5O2/c19-14-11-13(12-15(20)16(14)26)17(27)21-5-2-6-24-7-9-25(10-8-24)18-22-3-1-4-23-18/h1,3-4,11-12,26H,2,5-10H2,(H,21,27). The van der Waals surface area contributed by atoms with Crippen molar-refractivity contribution in [3.05, 3.63) is 47.8 Å². The fourth-order valence-corrected chi connectivity index (χ4v) is 2.93. The fourth-order valence-electron chi connectivity index (χ4n) is 2.93. The number of piperazine rings is 1. The summed E-state index contributed by atoms with van der Waals surface area (Å²) in [7, 11) is 0. The molecule has 0 spiro atoms. The molecule has 1 aliphatic heterocycles. The number of nitrogens with zero attached hydrogens (tertiary/aromatic N) is 4. The van der Waals surface area contributed by atoms with Crippen molar-refractivity contribution < 1.29 is 18.7 Å². The summed E-state index contributed by atoms with van der Waals surface area (Å²) < 4.78 is 26.6. The number of aromatic hydroxyl groups is 1. The number of halogens is 2. The molecule has 7 nitrogen and oxygen atoms in total. The van der Waals surface area contributed by atoms with Crippen LogP contribution in [0.25, 0.3) is 0 Å². The molecule has 9 heteroatoms. The number of nitrogens with one attached hydrogen (secondary N) is 1. The average molecular weight is 377 g/mol. The Bertz CT molecular complexity index is 760. The SMILES string of the molecule is O=C(NCCCN1CCN(c2ncccn2)CC1)c1cc(F)c(O)c(F)c1. The number of aromatic nitrogens is 2. The zero-order valence-corrected chi connectivity index (χ0v) is 14.7. The Labute approximate surface area is 155 Å². The molecule has 0 bridgehead atoms. The summed E-state index contributed by atoms with van der Waals surface area (Å²) in [6.45, 7) is 4.62. The van der Waals surface area contributed by atoms with Crippen molar-refractivity contribution in [3.8, 4) is 5.75 Å². The lowest BCUT2D eigenvalue weighted by molar-refractivity contribution is 0.0950. The predicted octanol–water partition coefficient (Wildman–Crippen LogP) is 1.40. The van der Waals surface area contributed by atoms with Crippen LogP contribution in [0, 0.1) is 11.6 Å². The van der Waals surface area contributed by atoms with Crippen LogP contribution in [0.15, 0.2) is 30.6 Å². The number of phenolic OH excluding ortho intramolecular Hbond substituents is 1. The van der Waals surface area contributed by atoms with Crippen molar-refractivity contribution in [3.63, 3.8) is 0 Å². The van der Waals surface area contributed by atoms with Gasteiger partial charge in [0, 0.05) is 50.7 Å². The van der Waals surface area contributed by atoms with Crippen molar-refractivity contribution in [2.75, 3.05) is 44.2 Å². The van der Waals surface area contributed by atoms with E-state index in [1.165, 1.54) is 0 Å². The molecule has 3 rings (SSSR count). The van der Waals surface area contributed by atoms with Crippen LogP contribution < -0.4 is 10.2 Å². The number of hydrogen-bond donors (Lipinski definition) is 2. The first-order chi connectivity index (χ1) is 13.0. The van der Waals surface area contributed by atoms with Crippen molar-refractivity contribution >= 4 is 11.9 Å². The number of anilines is 1. The summed E-state index contributed by atoms with van der Waals surface area (Å²) in [5, 5.41) is 11.7. The van der Waals surface area contributed by atoms with E-state index in [9.17, 15) is 13.6 Å². The normalized spacial score (nSPS) is 15.0. The molecule has 1 fully saturated rings. The number of amides is 1. The topological polar surface area (TPSA) is 81.6 Å². The molecule has 0 unspecified atom stereocenters. The molecule has 2 N–H and O–H groups in total. The molecule has 2 aromatic rings. The van der Waals surface area contributed by atoms with Gasteiger partial charge in [-0.3, -0.25) is 9.69 Å². The zero-order chi connectivity index (χ0) is 19.2. The number of hydrogen-bond acceptors (Lipinski definition) is 6. The van der Waals surface area contributed by atoms with E-state index < -0.39 is 23.3 Å². The van der Waals surface area contributed by atoms with Gasteiger partial charge in [-0.15, -0.1) is 0 Å². The largest absolute Gasteiger partial charge is 0.503 e. The van der Waals surface area contributed by atoms with Gasteiger partial charge in [-0.2, -0.15) is 0 Å². The van der Waals surface area contributed by atoms with E-state index in [2.05, 4.69) is 25.1 Å². The smallest absolute Gasteiger partial charge is 0.251 e. The molecule has 1 aliphatic rings. The highest BCUT2D eigenvalue weighted by atomic mass is 19.1. The predicted molar refractivity (Wildman–Crippen MR) is 95.7 cm³/mol. The van der Waals surface area contributed by atoms with Crippen LogP contribution in [0.2, 0.25) is 0 Å². The summed E-state index contributed by atoms with van der Waals surface area (Å²) in [6, 6.07) is 3.42. The van der Waals surface area contributed by atoms with Crippen LogP contribution in [0.4, 0.5) is 14.7 Å². The lowest BCUT2D eigenvalue weighted by atomic mass is 10.2. The van der Waals surface area contributed by atoms with Crippen molar-refractivity contribution in [1.82, 2.24) is 20.2 Å². The molecule has 0 saturated carbocycles. The quantitative estimate of drug-likeness (QED) is 0.741. The maximum absolute atomic E-state index is 13.3. The van der Waals surface area contributed by atoms with E-state index in [0.29, 0.717) is 6.54 Å². The number of phenols is 1. The van der Waals surface area contributed by atoms with Crippen molar-refractivity contribution in [1.29, 1.82) is 0 Å². The van der Waals surface area contributed by atoms with Crippen LogP contribution >= 0.6 is 0 Å². The Hall–Kier alpha value is -2.81. The molecule has 1 saturated heterocycles. The Balaban J connectivity index is 1.38. The molecule has 1 aromatic carbocycles. The maximum Gasteiger partial charge on any atom is 0.251 e. The first-order valence-electron chi connectivity index (χ1n) is 8.75. The van der Waals surface area contributed by atoms with Gasteiger partial charge in [0.05, 0.1) is 0 Å². The number of rotatable bonds is 6. The Morgan fingerprint density at radius 2 is 1.74 bits per heavy atom. The molecule has 144 valence electrons. The van der Waals surface area contributed by atoms with Crippen LogP contribution in [-0.2, 0) is 0 Å². The highest BCUT2D eigenvalue weighted by Crippen LogP contribution is 2.21. The van der Waals surface area contributed by atoms with Gasteiger partial charge < -0.3 is 15.3 Å².